The van der Waals surface area contributed by atoms with Crippen molar-refractivity contribution in [3.05, 3.63) is 59.0 Å². The van der Waals surface area contributed by atoms with Crippen molar-refractivity contribution in [2.75, 3.05) is 4.72 Å². The molecular weight excluding hydrogens is 362 g/mol. The number of thiophene rings is 1. The molecule has 0 bridgehead atoms. The van der Waals surface area contributed by atoms with Crippen LogP contribution in [0, 0.1) is 6.92 Å². The highest BCUT2D eigenvalue weighted by Crippen LogP contribution is 2.27. The number of nitrogens with one attached hydrogen (secondary N) is 1. The van der Waals surface area contributed by atoms with Gasteiger partial charge in [0, 0.05) is 33.9 Å². The van der Waals surface area contributed by atoms with E-state index in [0.29, 0.717) is 9.90 Å². The third kappa shape index (κ3) is 2.83. The van der Waals surface area contributed by atoms with Crippen LogP contribution in [0.5, 0.6) is 0 Å². The van der Waals surface area contributed by atoms with Gasteiger partial charge < -0.3 is 0 Å². The number of aromatic nitrogens is 2. The second-order valence-electron chi connectivity index (χ2n) is 5.27. The second kappa shape index (κ2) is 5.73. The lowest BCUT2D eigenvalue weighted by molar-refractivity contribution is 0.603. The fourth-order valence-corrected chi connectivity index (χ4v) is 5.40. The van der Waals surface area contributed by atoms with E-state index in [1.54, 1.807) is 35.6 Å². The van der Waals surface area contributed by atoms with E-state index in [9.17, 15) is 8.42 Å². The number of imidazole rings is 1. The summed E-state index contributed by atoms with van der Waals surface area (Å²) in [5.41, 5.74) is 2.21. The smallest absolute Gasteiger partial charge is 0.271 e. The predicted molar refractivity (Wildman–Crippen MR) is 98.4 cm³/mol. The molecule has 0 saturated carbocycles. The maximum atomic E-state index is 12.4. The number of fused-ring (bicyclic) bond motifs is 1. The number of hydrogen-bond acceptors (Lipinski definition) is 5. The molecule has 1 aromatic carbocycles. The van der Waals surface area contributed by atoms with Gasteiger partial charge in [-0.2, -0.15) is 0 Å². The third-order valence-electron chi connectivity index (χ3n) is 3.48. The second-order valence-corrected chi connectivity index (χ2v) is 9.34. The summed E-state index contributed by atoms with van der Waals surface area (Å²) < 4.78 is 29.8. The lowest BCUT2D eigenvalue weighted by atomic mass is 10.1. The predicted octanol–water partition coefficient (Wildman–Crippen LogP) is 4.23. The van der Waals surface area contributed by atoms with Crippen LogP contribution in [0.4, 0.5) is 5.69 Å². The van der Waals surface area contributed by atoms with Gasteiger partial charge in [0.15, 0.2) is 4.96 Å². The molecule has 0 aliphatic heterocycles. The SMILES string of the molecule is Cc1ccc(S(=O)(=O)Nc2cccc(-c3cn4ccsc4n3)c2)s1. The average Bonchev–Trinajstić information content (AvgIpc) is 3.22. The molecule has 0 fully saturated rings. The van der Waals surface area contributed by atoms with Crippen LogP contribution < -0.4 is 4.72 Å². The number of rotatable bonds is 4. The highest BCUT2D eigenvalue weighted by Gasteiger charge is 2.16. The van der Waals surface area contributed by atoms with Gasteiger partial charge in [0.05, 0.1) is 5.69 Å². The number of hydrogen-bond donors (Lipinski definition) is 1. The number of aryl methyl sites for hydroxylation is 1. The van der Waals surface area contributed by atoms with E-state index >= 15 is 0 Å². The van der Waals surface area contributed by atoms with Crippen molar-refractivity contribution in [2.24, 2.45) is 0 Å². The van der Waals surface area contributed by atoms with E-state index < -0.39 is 10.0 Å². The normalized spacial score (nSPS) is 11.9. The molecule has 0 aliphatic carbocycles. The first-order chi connectivity index (χ1) is 11.5. The molecule has 0 unspecified atom stereocenters. The van der Waals surface area contributed by atoms with E-state index in [0.717, 1.165) is 21.1 Å². The first kappa shape index (κ1) is 15.4. The van der Waals surface area contributed by atoms with Crippen molar-refractivity contribution in [3.63, 3.8) is 0 Å². The Labute approximate surface area is 147 Å². The molecule has 122 valence electrons. The van der Waals surface area contributed by atoms with Crippen molar-refractivity contribution < 1.29 is 8.42 Å². The number of nitrogens with zero attached hydrogens (tertiary/aromatic N) is 2. The molecule has 0 amide bonds. The Bertz CT molecular complexity index is 1090. The van der Waals surface area contributed by atoms with Crippen LogP contribution in [0.15, 0.2) is 58.4 Å². The highest BCUT2D eigenvalue weighted by atomic mass is 32.2. The minimum absolute atomic E-state index is 0.313. The number of sulfonamides is 1. The number of anilines is 1. The van der Waals surface area contributed by atoms with E-state index in [4.69, 9.17) is 0 Å². The van der Waals surface area contributed by atoms with Gasteiger partial charge >= 0.3 is 0 Å². The Morgan fingerprint density at radius 3 is 2.83 bits per heavy atom. The van der Waals surface area contributed by atoms with Gasteiger partial charge in [-0.1, -0.05) is 12.1 Å². The monoisotopic (exact) mass is 375 g/mol. The van der Waals surface area contributed by atoms with Crippen LogP contribution in [-0.4, -0.2) is 17.8 Å². The minimum Gasteiger partial charge on any atom is -0.297 e. The lowest BCUT2D eigenvalue weighted by Gasteiger charge is -2.07. The molecular formula is C16H13N3O2S3. The van der Waals surface area contributed by atoms with Gasteiger partial charge in [0.1, 0.15) is 4.21 Å². The molecule has 0 aliphatic rings. The average molecular weight is 376 g/mol. The van der Waals surface area contributed by atoms with Crippen LogP contribution in [0.2, 0.25) is 0 Å². The van der Waals surface area contributed by atoms with Crippen molar-refractivity contribution in [2.45, 2.75) is 11.1 Å². The maximum Gasteiger partial charge on any atom is 0.271 e. The van der Waals surface area contributed by atoms with Crippen molar-refractivity contribution in [3.8, 4) is 11.3 Å². The van der Waals surface area contributed by atoms with Crippen LogP contribution in [0.1, 0.15) is 4.88 Å². The first-order valence-corrected chi connectivity index (χ1v) is 10.3. The van der Waals surface area contributed by atoms with E-state index in [-0.39, 0.29) is 0 Å². The molecule has 3 heterocycles. The first-order valence-electron chi connectivity index (χ1n) is 7.13. The Morgan fingerprint density at radius 2 is 2.08 bits per heavy atom. The van der Waals surface area contributed by atoms with Crippen LogP contribution in [0.25, 0.3) is 16.2 Å². The molecule has 24 heavy (non-hydrogen) atoms. The van der Waals surface area contributed by atoms with Gasteiger partial charge in [-0.3, -0.25) is 9.12 Å². The standard InChI is InChI=1S/C16H13N3O2S3/c1-11-5-6-15(23-11)24(20,21)18-13-4-2-3-12(9-13)14-10-19-7-8-22-16(19)17-14/h2-10,18H,1H3. The van der Waals surface area contributed by atoms with E-state index in [1.807, 2.05) is 41.2 Å². The van der Waals surface area contributed by atoms with Gasteiger partial charge in [0.2, 0.25) is 0 Å². The summed E-state index contributed by atoms with van der Waals surface area (Å²) in [4.78, 5) is 6.42. The number of thiazole rings is 1. The Morgan fingerprint density at radius 1 is 1.21 bits per heavy atom. The highest BCUT2D eigenvalue weighted by molar-refractivity contribution is 7.94. The largest absolute Gasteiger partial charge is 0.297 e. The number of benzene rings is 1. The van der Waals surface area contributed by atoms with Gasteiger partial charge in [-0.25, -0.2) is 13.4 Å². The Kier molecular flexibility index (Phi) is 3.67. The molecule has 8 heteroatoms. The summed E-state index contributed by atoms with van der Waals surface area (Å²) in [6, 6.07) is 10.7. The maximum absolute atomic E-state index is 12.4. The van der Waals surface area contributed by atoms with Gasteiger partial charge in [-0.15, -0.1) is 22.7 Å². The zero-order valence-corrected chi connectivity index (χ0v) is 15.1. The molecule has 3 aromatic heterocycles. The fourth-order valence-electron chi connectivity index (χ4n) is 2.37. The summed E-state index contributed by atoms with van der Waals surface area (Å²) >= 11 is 2.81. The quantitative estimate of drug-likeness (QED) is 0.580. The van der Waals surface area contributed by atoms with Crippen molar-refractivity contribution >= 4 is 43.3 Å². The molecule has 4 rings (SSSR count). The molecule has 0 spiro atoms. The summed E-state index contributed by atoms with van der Waals surface area (Å²) in [6.45, 7) is 1.88. The summed E-state index contributed by atoms with van der Waals surface area (Å²) in [5.74, 6) is 0. The lowest BCUT2D eigenvalue weighted by Crippen LogP contribution is -2.11. The molecule has 0 saturated heterocycles. The third-order valence-corrected chi connectivity index (χ3v) is 7.13. The molecule has 4 aromatic rings. The van der Waals surface area contributed by atoms with Crippen molar-refractivity contribution in [1.29, 1.82) is 0 Å². The molecule has 0 atom stereocenters. The fraction of sp³-hybridized carbons (Fsp3) is 0.0625. The van der Waals surface area contributed by atoms with Crippen LogP contribution in [0.3, 0.4) is 0 Å². The van der Waals surface area contributed by atoms with Crippen LogP contribution in [-0.2, 0) is 10.0 Å². The molecule has 1 N–H and O–H groups in total. The van der Waals surface area contributed by atoms with Crippen molar-refractivity contribution in [1.82, 2.24) is 9.38 Å². The Balaban J connectivity index is 1.66. The van der Waals surface area contributed by atoms with Gasteiger partial charge in [0.25, 0.3) is 10.0 Å². The summed E-state index contributed by atoms with van der Waals surface area (Å²) in [7, 11) is -3.56. The summed E-state index contributed by atoms with van der Waals surface area (Å²) in [6.07, 6.45) is 3.88. The topological polar surface area (TPSA) is 63.5 Å². The van der Waals surface area contributed by atoms with Crippen LogP contribution >= 0.6 is 22.7 Å². The van der Waals surface area contributed by atoms with Gasteiger partial charge in [-0.05, 0) is 31.2 Å². The van der Waals surface area contributed by atoms with E-state index in [2.05, 4.69) is 9.71 Å². The molecule has 5 nitrogen and oxygen atoms in total. The molecule has 0 radical (unpaired) electrons. The zero-order chi connectivity index (χ0) is 16.7. The Hall–Kier alpha value is -2.16. The summed E-state index contributed by atoms with van der Waals surface area (Å²) in [5, 5.41) is 1.97. The van der Waals surface area contributed by atoms with E-state index in [1.165, 1.54) is 11.3 Å². The zero-order valence-electron chi connectivity index (χ0n) is 12.6. The minimum atomic E-state index is -3.56.